The van der Waals surface area contributed by atoms with Crippen LogP contribution in [0.4, 0.5) is 11.4 Å². The third kappa shape index (κ3) is 2.19. The molecule has 0 atom stereocenters. The second kappa shape index (κ2) is 5.37. The molecular weight excluding hydrogens is 230 g/mol. The summed E-state index contributed by atoms with van der Waals surface area (Å²) in [6.45, 7) is 0.649. The molecule has 0 unspecified atom stereocenters. The number of nitrogens with two attached hydrogens (primary N) is 2. The molecule has 0 amide bonds. The SMILES string of the molecule is Nc1cc(C=O)c2c(c1N(N)CCCO)CCC2. The zero-order valence-electron chi connectivity index (χ0n) is 10.4. The number of hydrogen-bond donors (Lipinski definition) is 3. The summed E-state index contributed by atoms with van der Waals surface area (Å²) in [7, 11) is 0. The van der Waals surface area contributed by atoms with Crippen molar-refractivity contribution in [3.63, 3.8) is 0 Å². The van der Waals surface area contributed by atoms with Crippen LogP contribution < -0.4 is 16.6 Å². The van der Waals surface area contributed by atoms with E-state index in [1.807, 2.05) is 0 Å². The molecular formula is C13H19N3O2. The van der Waals surface area contributed by atoms with Gasteiger partial charge in [-0.3, -0.25) is 4.79 Å². The zero-order valence-corrected chi connectivity index (χ0v) is 10.4. The first-order chi connectivity index (χ1) is 8.69. The monoisotopic (exact) mass is 249 g/mol. The summed E-state index contributed by atoms with van der Waals surface area (Å²) in [6, 6.07) is 1.70. The Hall–Kier alpha value is -1.59. The maximum absolute atomic E-state index is 11.0. The molecule has 0 spiro atoms. The molecule has 0 bridgehead atoms. The lowest BCUT2D eigenvalue weighted by molar-refractivity contribution is 0.112. The van der Waals surface area contributed by atoms with Crippen LogP contribution >= 0.6 is 0 Å². The summed E-state index contributed by atoms with van der Waals surface area (Å²) in [4.78, 5) is 11.0. The van der Waals surface area contributed by atoms with Crippen molar-refractivity contribution in [3.8, 4) is 0 Å². The highest BCUT2D eigenvalue weighted by molar-refractivity contribution is 5.86. The van der Waals surface area contributed by atoms with Crippen LogP contribution in [0.5, 0.6) is 0 Å². The normalized spacial score (nSPS) is 13.4. The van der Waals surface area contributed by atoms with Gasteiger partial charge < -0.3 is 15.8 Å². The number of rotatable bonds is 5. The van der Waals surface area contributed by atoms with Crippen molar-refractivity contribution in [1.29, 1.82) is 0 Å². The number of anilines is 2. The fourth-order valence-corrected chi connectivity index (χ4v) is 2.62. The van der Waals surface area contributed by atoms with E-state index in [2.05, 4.69) is 0 Å². The van der Waals surface area contributed by atoms with Gasteiger partial charge in [0.15, 0.2) is 0 Å². The van der Waals surface area contributed by atoms with Gasteiger partial charge in [0.25, 0.3) is 0 Å². The van der Waals surface area contributed by atoms with Crippen molar-refractivity contribution in [2.45, 2.75) is 25.7 Å². The van der Waals surface area contributed by atoms with Gasteiger partial charge in [0.1, 0.15) is 6.29 Å². The van der Waals surface area contributed by atoms with Gasteiger partial charge in [0, 0.05) is 18.7 Å². The third-order valence-corrected chi connectivity index (χ3v) is 3.41. The summed E-state index contributed by atoms with van der Waals surface area (Å²) in [5, 5.41) is 10.4. The molecule has 5 nitrogen and oxygen atoms in total. The molecule has 1 aromatic rings. The van der Waals surface area contributed by atoms with Crippen LogP contribution in [0.25, 0.3) is 0 Å². The van der Waals surface area contributed by atoms with Crippen LogP contribution in [0, 0.1) is 0 Å². The van der Waals surface area contributed by atoms with Gasteiger partial charge >= 0.3 is 0 Å². The summed E-state index contributed by atoms with van der Waals surface area (Å²) in [5.41, 5.74) is 10.2. The topological polar surface area (TPSA) is 92.6 Å². The van der Waals surface area contributed by atoms with Crippen LogP contribution in [-0.2, 0) is 12.8 Å². The lowest BCUT2D eigenvalue weighted by Gasteiger charge is -2.24. The van der Waals surface area contributed by atoms with E-state index in [4.69, 9.17) is 16.7 Å². The molecule has 0 aliphatic heterocycles. The fourth-order valence-electron chi connectivity index (χ4n) is 2.62. The van der Waals surface area contributed by atoms with Crippen LogP contribution in [0.1, 0.15) is 34.3 Å². The Labute approximate surface area is 106 Å². The largest absolute Gasteiger partial charge is 0.397 e. The smallest absolute Gasteiger partial charge is 0.150 e. The highest BCUT2D eigenvalue weighted by atomic mass is 16.3. The third-order valence-electron chi connectivity index (χ3n) is 3.41. The predicted molar refractivity (Wildman–Crippen MR) is 71.5 cm³/mol. The standard InChI is InChI=1S/C13H19N3O2/c14-12-7-9(8-18)10-3-1-4-11(10)13(12)16(15)5-2-6-17/h7-8,17H,1-6,14-15H2. The number of aliphatic hydroxyl groups excluding tert-OH is 1. The zero-order chi connectivity index (χ0) is 13.1. The number of carbonyl (C=O) groups is 1. The molecule has 1 aliphatic carbocycles. The number of aliphatic hydroxyl groups is 1. The van der Waals surface area contributed by atoms with E-state index in [1.54, 1.807) is 11.1 Å². The summed E-state index contributed by atoms with van der Waals surface area (Å²) in [5.74, 6) is 6.00. The van der Waals surface area contributed by atoms with E-state index in [1.165, 1.54) is 0 Å². The van der Waals surface area contributed by atoms with Crippen molar-refractivity contribution in [2.24, 2.45) is 5.84 Å². The minimum Gasteiger partial charge on any atom is -0.397 e. The molecule has 0 saturated heterocycles. The molecule has 5 heteroatoms. The van der Waals surface area contributed by atoms with E-state index in [-0.39, 0.29) is 6.61 Å². The molecule has 18 heavy (non-hydrogen) atoms. The average molecular weight is 249 g/mol. The molecule has 0 saturated carbocycles. The molecule has 1 aliphatic rings. The van der Waals surface area contributed by atoms with Gasteiger partial charge in [0.05, 0.1) is 11.4 Å². The van der Waals surface area contributed by atoms with Crippen molar-refractivity contribution >= 4 is 17.7 Å². The van der Waals surface area contributed by atoms with E-state index in [0.717, 1.165) is 42.4 Å². The van der Waals surface area contributed by atoms with Gasteiger partial charge in [-0.2, -0.15) is 0 Å². The summed E-state index contributed by atoms with van der Waals surface area (Å²) < 4.78 is 0. The van der Waals surface area contributed by atoms with Crippen molar-refractivity contribution in [2.75, 3.05) is 23.9 Å². The predicted octanol–water partition coefficient (Wildman–Crippen LogP) is 0.632. The Kier molecular flexibility index (Phi) is 3.84. The Morgan fingerprint density at radius 3 is 2.78 bits per heavy atom. The first-order valence-corrected chi connectivity index (χ1v) is 6.21. The van der Waals surface area contributed by atoms with Crippen LogP contribution in [0.3, 0.4) is 0 Å². The summed E-state index contributed by atoms with van der Waals surface area (Å²) >= 11 is 0. The van der Waals surface area contributed by atoms with E-state index >= 15 is 0 Å². The number of nitrogens with zero attached hydrogens (tertiary/aromatic N) is 1. The first-order valence-electron chi connectivity index (χ1n) is 6.21. The van der Waals surface area contributed by atoms with Gasteiger partial charge in [-0.05, 0) is 42.9 Å². The van der Waals surface area contributed by atoms with Gasteiger partial charge in [-0.1, -0.05) is 0 Å². The van der Waals surface area contributed by atoms with E-state index in [0.29, 0.717) is 24.2 Å². The highest BCUT2D eigenvalue weighted by Gasteiger charge is 2.23. The van der Waals surface area contributed by atoms with Gasteiger partial charge in [-0.15, -0.1) is 0 Å². The van der Waals surface area contributed by atoms with E-state index < -0.39 is 0 Å². The molecule has 0 aromatic heterocycles. The second-order valence-corrected chi connectivity index (χ2v) is 4.60. The number of hydrogen-bond acceptors (Lipinski definition) is 5. The number of carbonyl (C=O) groups excluding carboxylic acids is 1. The Balaban J connectivity index is 2.41. The average Bonchev–Trinajstić information content (AvgIpc) is 2.83. The molecule has 2 rings (SSSR count). The van der Waals surface area contributed by atoms with Crippen LogP contribution in [0.2, 0.25) is 0 Å². The van der Waals surface area contributed by atoms with Crippen molar-refractivity contribution in [3.05, 3.63) is 22.8 Å². The highest BCUT2D eigenvalue weighted by Crippen LogP contribution is 2.37. The lowest BCUT2D eigenvalue weighted by Crippen LogP contribution is -2.34. The maximum atomic E-state index is 11.0. The molecule has 0 radical (unpaired) electrons. The van der Waals surface area contributed by atoms with Gasteiger partial charge in [-0.25, -0.2) is 5.84 Å². The summed E-state index contributed by atoms with van der Waals surface area (Å²) in [6.07, 6.45) is 4.30. The number of hydrazine groups is 1. The van der Waals surface area contributed by atoms with Crippen molar-refractivity contribution in [1.82, 2.24) is 0 Å². The minimum atomic E-state index is 0.0994. The molecule has 5 N–H and O–H groups in total. The maximum Gasteiger partial charge on any atom is 0.150 e. The van der Waals surface area contributed by atoms with E-state index in [9.17, 15) is 4.79 Å². The fraction of sp³-hybridized carbons (Fsp3) is 0.462. The van der Waals surface area contributed by atoms with Crippen molar-refractivity contribution < 1.29 is 9.90 Å². The first kappa shape index (κ1) is 12.9. The number of benzene rings is 1. The number of aldehydes is 1. The molecule has 0 fully saturated rings. The Morgan fingerprint density at radius 1 is 1.39 bits per heavy atom. The molecule has 1 aromatic carbocycles. The Morgan fingerprint density at radius 2 is 2.11 bits per heavy atom. The lowest BCUT2D eigenvalue weighted by atomic mass is 10.0. The number of fused-ring (bicyclic) bond motifs is 1. The van der Waals surface area contributed by atoms with Crippen LogP contribution in [-0.4, -0.2) is 24.5 Å². The molecule has 98 valence electrons. The second-order valence-electron chi connectivity index (χ2n) is 4.60. The van der Waals surface area contributed by atoms with Crippen LogP contribution in [0.15, 0.2) is 6.07 Å². The minimum absolute atomic E-state index is 0.0994. The quantitative estimate of drug-likeness (QED) is 0.308. The Bertz CT molecular complexity index is 460. The molecule has 0 heterocycles. The van der Waals surface area contributed by atoms with Gasteiger partial charge in [0.2, 0.25) is 0 Å². The number of nitrogen functional groups attached to an aromatic ring is 1.